The number of hydrogen-bond donors (Lipinski definition) is 1. The number of imidazole rings is 1. The van der Waals surface area contributed by atoms with Gasteiger partial charge in [-0.05, 0) is 30.7 Å². The highest BCUT2D eigenvalue weighted by atomic mass is 19.3. The molecule has 0 unspecified atom stereocenters. The van der Waals surface area contributed by atoms with E-state index in [1.165, 1.54) is 11.1 Å². The van der Waals surface area contributed by atoms with Crippen LogP contribution < -0.4 is 10.2 Å². The second-order valence-corrected chi connectivity index (χ2v) is 7.17. The van der Waals surface area contributed by atoms with E-state index in [1.54, 1.807) is 22.7 Å². The summed E-state index contributed by atoms with van der Waals surface area (Å²) in [6.45, 7) is 0.976. The highest BCUT2D eigenvalue weighted by Crippen LogP contribution is 2.32. The molecule has 1 fully saturated rings. The van der Waals surface area contributed by atoms with Crippen LogP contribution >= 0.6 is 0 Å². The van der Waals surface area contributed by atoms with Gasteiger partial charge in [0.25, 0.3) is 11.8 Å². The van der Waals surface area contributed by atoms with Gasteiger partial charge < -0.3 is 14.7 Å². The van der Waals surface area contributed by atoms with Crippen LogP contribution in [0.1, 0.15) is 16.1 Å². The first-order valence-corrected chi connectivity index (χ1v) is 9.21. The number of anilines is 2. The predicted octanol–water partition coefficient (Wildman–Crippen LogP) is 3.40. The van der Waals surface area contributed by atoms with Crippen molar-refractivity contribution < 1.29 is 18.1 Å². The van der Waals surface area contributed by atoms with Crippen molar-refractivity contribution in [2.24, 2.45) is 0 Å². The Morgan fingerprint density at radius 3 is 2.87 bits per heavy atom. The number of pyridine rings is 1. The molecule has 0 saturated carbocycles. The molecule has 0 spiro atoms. The first kappa shape index (κ1) is 18.2. The molecule has 1 amide bonds. The van der Waals surface area contributed by atoms with Gasteiger partial charge in [0.15, 0.2) is 0 Å². The molecule has 5 rings (SSSR count). The number of fused-ring (bicyclic) bond motifs is 1. The molecule has 1 aromatic carbocycles. The Labute approximate surface area is 169 Å². The van der Waals surface area contributed by atoms with Crippen molar-refractivity contribution in [1.82, 2.24) is 19.5 Å². The topological polar surface area (TPSA) is 88.6 Å². The number of aromatic nitrogens is 4. The lowest BCUT2D eigenvalue weighted by Gasteiger charge is -2.36. The Kier molecular flexibility index (Phi) is 4.02. The summed E-state index contributed by atoms with van der Waals surface area (Å²) in [6.07, 6.45) is 3.28. The molecule has 1 aliphatic rings. The van der Waals surface area contributed by atoms with Gasteiger partial charge >= 0.3 is 6.01 Å². The fourth-order valence-electron chi connectivity index (χ4n) is 3.29. The number of nitrogens with one attached hydrogen (secondary N) is 1. The average Bonchev–Trinajstić information content (AvgIpc) is 3.35. The summed E-state index contributed by atoms with van der Waals surface area (Å²) in [6, 6.07) is 10.8. The fraction of sp³-hybridized carbons (Fsp3) is 0.200. The van der Waals surface area contributed by atoms with Crippen LogP contribution in [0.25, 0.3) is 17.0 Å². The summed E-state index contributed by atoms with van der Waals surface area (Å²) in [5, 5.41) is 6.76. The highest BCUT2D eigenvalue weighted by molar-refractivity contribution is 6.04. The van der Waals surface area contributed by atoms with Crippen molar-refractivity contribution in [3.8, 4) is 11.4 Å². The Hall–Kier alpha value is -3.82. The maximum absolute atomic E-state index is 13.1. The van der Waals surface area contributed by atoms with E-state index in [1.807, 2.05) is 31.2 Å². The lowest BCUT2D eigenvalue weighted by Crippen LogP contribution is -2.56. The summed E-state index contributed by atoms with van der Waals surface area (Å²) < 4.78 is 32.9. The molecule has 1 aliphatic heterocycles. The molecule has 0 radical (unpaired) electrons. The van der Waals surface area contributed by atoms with Crippen molar-refractivity contribution in [2.75, 3.05) is 23.3 Å². The van der Waals surface area contributed by atoms with Crippen LogP contribution in [-0.2, 0) is 0 Å². The number of halogens is 2. The maximum Gasteiger partial charge on any atom is 0.324 e. The number of nitrogens with zero attached hydrogens (tertiary/aromatic N) is 5. The predicted molar refractivity (Wildman–Crippen MR) is 105 cm³/mol. The summed E-state index contributed by atoms with van der Waals surface area (Å²) in [5.41, 5.74) is 3.08. The quantitative estimate of drug-likeness (QED) is 0.555. The summed E-state index contributed by atoms with van der Waals surface area (Å²) in [5.74, 6) is -2.79. The van der Waals surface area contributed by atoms with Gasteiger partial charge in [-0.15, -0.1) is 0 Å². The number of rotatable bonds is 4. The number of benzene rings is 1. The van der Waals surface area contributed by atoms with Crippen molar-refractivity contribution in [3.63, 3.8) is 0 Å². The maximum atomic E-state index is 13.1. The van der Waals surface area contributed by atoms with Crippen LogP contribution in [-0.4, -0.2) is 44.4 Å². The molecule has 152 valence electrons. The van der Waals surface area contributed by atoms with Crippen LogP contribution in [0.2, 0.25) is 0 Å². The Bertz CT molecular complexity index is 1260. The number of alkyl halides is 2. The van der Waals surface area contributed by atoms with Gasteiger partial charge in [-0.1, -0.05) is 23.4 Å². The molecule has 3 aromatic heterocycles. The normalized spacial score (nSPS) is 15.2. The number of aryl methyl sites for hydroxylation is 1. The summed E-state index contributed by atoms with van der Waals surface area (Å²) in [4.78, 5) is 22.5. The summed E-state index contributed by atoms with van der Waals surface area (Å²) in [7, 11) is 0. The number of amides is 1. The lowest BCUT2D eigenvalue weighted by molar-refractivity contribution is -0.0293. The van der Waals surface area contributed by atoms with E-state index in [4.69, 9.17) is 4.52 Å². The first-order chi connectivity index (χ1) is 14.4. The van der Waals surface area contributed by atoms with Gasteiger partial charge in [0.05, 0.1) is 19.3 Å². The first-order valence-electron chi connectivity index (χ1n) is 9.21. The van der Waals surface area contributed by atoms with E-state index in [0.717, 1.165) is 5.56 Å². The number of hydrogen-bond acceptors (Lipinski definition) is 6. The minimum Gasteiger partial charge on any atom is -0.320 e. The van der Waals surface area contributed by atoms with Crippen molar-refractivity contribution in [3.05, 3.63) is 60.0 Å². The van der Waals surface area contributed by atoms with E-state index >= 15 is 0 Å². The molecule has 0 aliphatic carbocycles. The van der Waals surface area contributed by atoms with E-state index in [-0.39, 0.29) is 17.7 Å². The minimum absolute atomic E-state index is 0.0489. The fourth-order valence-corrected chi connectivity index (χ4v) is 3.29. The van der Waals surface area contributed by atoms with Gasteiger partial charge in [0.1, 0.15) is 11.3 Å². The van der Waals surface area contributed by atoms with Crippen LogP contribution in [0.3, 0.4) is 0 Å². The Morgan fingerprint density at radius 1 is 1.23 bits per heavy atom. The molecule has 30 heavy (non-hydrogen) atoms. The van der Waals surface area contributed by atoms with Gasteiger partial charge in [-0.3, -0.25) is 9.20 Å². The lowest BCUT2D eigenvalue weighted by atomic mass is 10.1. The van der Waals surface area contributed by atoms with Gasteiger partial charge in [0.2, 0.25) is 5.82 Å². The van der Waals surface area contributed by atoms with Crippen molar-refractivity contribution in [1.29, 1.82) is 0 Å². The third kappa shape index (κ3) is 3.15. The highest BCUT2D eigenvalue weighted by Gasteiger charge is 2.46. The standard InChI is InChI=1S/C20H16F2N6O2/c1-12-5-6-13(17-25-19(30-26-17)27-10-20(21,22)11-27)8-14(12)24-18(29)15-9-23-16-4-2-3-7-28(15)16/h2-9H,10-11H2,1H3,(H,24,29). The second-order valence-electron chi connectivity index (χ2n) is 7.17. The molecule has 1 N–H and O–H groups in total. The Morgan fingerprint density at radius 2 is 2.07 bits per heavy atom. The van der Waals surface area contributed by atoms with Gasteiger partial charge in [-0.2, -0.15) is 4.98 Å². The zero-order chi connectivity index (χ0) is 20.9. The van der Waals surface area contributed by atoms with Crippen LogP contribution in [0.15, 0.2) is 53.3 Å². The van der Waals surface area contributed by atoms with E-state index in [9.17, 15) is 13.6 Å². The number of carbonyl (C=O) groups is 1. The number of carbonyl (C=O) groups excluding carboxylic acids is 1. The second kappa shape index (κ2) is 6.61. The molecule has 1 saturated heterocycles. The molecule has 8 nitrogen and oxygen atoms in total. The zero-order valence-corrected chi connectivity index (χ0v) is 15.8. The molecular weight excluding hydrogens is 394 g/mol. The zero-order valence-electron chi connectivity index (χ0n) is 15.8. The van der Waals surface area contributed by atoms with Gasteiger partial charge in [-0.25, -0.2) is 13.8 Å². The van der Waals surface area contributed by atoms with Crippen LogP contribution in [0.5, 0.6) is 0 Å². The van der Waals surface area contributed by atoms with Crippen LogP contribution in [0.4, 0.5) is 20.5 Å². The third-order valence-corrected chi connectivity index (χ3v) is 4.92. The average molecular weight is 410 g/mol. The summed E-state index contributed by atoms with van der Waals surface area (Å²) >= 11 is 0. The minimum atomic E-state index is -2.73. The van der Waals surface area contributed by atoms with E-state index in [2.05, 4.69) is 20.4 Å². The smallest absolute Gasteiger partial charge is 0.320 e. The molecule has 0 bridgehead atoms. The van der Waals surface area contributed by atoms with E-state index in [0.29, 0.717) is 22.6 Å². The van der Waals surface area contributed by atoms with Crippen molar-refractivity contribution >= 4 is 23.3 Å². The Balaban J connectivity index is 1.39. The van der Waals surface area contributed by atoms with Crippen molar-refractivity contribution in [2.45, 2.75) is 12.8 Å². The van der Waals surface area contributed by atoms with E-state index < -0.39 is 19.0 Å². The molecule has 4 aromatic rings. The molecule has 4 heterocycles. The molecule has 10 heteroatoms. The third-order valence-electron chi connectivity index (χ3n) is 4.92. The largest absolute Gasteiger partial charge is 0.324 e. The molecule has 0 atom stereocenters. The van der Waals surface area contributed by atoms with Gasteiger partial charge in [0, 0.05) is 17.4 Å². The monoisotopic (exact) mass is 410 g/mol. The SMILES string of the molecule is Cc1ccc(-c2noc(N3CC(F)(F)C3)n2)cc1NC(=O)c1cnc2ccccn12. The molecular formula is C20H16F2N6O2. The van der Waals surface area contributed by atoms with Crippen LogP contribution in [0, 0.1) is 6.92 Å².